The molecule has 1 unspecified atom stereocenters. The van der Waals surface area contributed by atoms with E-state index in [1.807, 2.05) is 0 Å². The third-order valence-corrected chi connectivity index (χ3v) is 14.3. The van der Waals surface area contributed by atoms with Gasteiger partial charge in [-0.25, -0.2) is 0 Å². The first kappa shape index (κ1) is 65.4. The standard InChI is InChI=1S/C61H118O6/c1-6-8-9-10-11-12-13-14-15-16-17-18-19-24-27-32-38-43-48-53-61(64)67-58(55-66-60(63)52-47-42-37-33-28-29-34-39-44-49-56(3)4)54-65-59(62)51-46-41-36-31-26-23-21-20-22-25-30-35-40-45-50-57(5)7-2/h56-58H,6-55H2,1-5H3/t57?,58-/m1/s1. The second-order valence-corrected chi connectivity index (χ2v) is 21.7. The zero-order valence-corrected chi connectivity index (χ0v) is 46.0. The lowest BCUT2D eigenvalue weighted by Crippen LogP contribution is -2.30. The molecule has 0 spiro atoms. The summed E-state index contributed by atoms with van der Waals surface area (Å²) in [5.74, 6) is 0.866. The van der Waals surface area contributed by atoms with E-state index in [2.05, 4.69) is 34.6 Å². The van der Waals surface area contributed by atoms with Gasteiger partial charge in [-0.2, -0.15) is 0 Å². The maximum atomic E-state index is 12.9. The lowest BCUT2D eigenvalue weighted by Gasteiger charge is -2.18. The van der Waals surface area contributed by atoms with Crippen LogP contribution in [-0.4, -0.2) is 37.2 Å². The van der Waals surface area contributed by atoms with Crippen LogP contribution in [0.15, 0.2) is 0 Å². The van der Waals surface area contributed by atoms with Crippen molar-refractivity contribution >= 4 is 17.9 Å². The number of hydrogen-bond acceptors (Lipinski definition) is 6. The van der Waals surface area contributed by atoms with Gasteiger partial charge in [0.25, 0.3) is 0 Å². The van der Waals surface area contributed by atoms with Crippen LogP contribution in [0.4, 0.5) is 0 Å². The fourth-order valence-corrected chi connectivity index (χ4v) is 9.37. The second kappa shape index (κ2) is 53.8. The average molecular weight is 948 g/mol. The Morgan fingerprint density at radius 1 is 0.313 bits per heavy atom. The Labute approximate surface area is 418 Å². The molecule has 0 radical (unpaired) electrons. The largest absolute Gasteiger partial charge is 0.462 e. The summed E-state index contributed by atoms with van der Waals surface area (Å²) < 4.78 is 16.9. The third kappa shape index (κ3) is 53.6. The van der Waals surface area contributed by atoms with Crippen LogP contribution in [0.25, 0.3) is 0 Å². The summed E-state index contributed by atoms with van der Waals surface area (Å²) in [6.45, 7) is 11.4. The van der Waals surface area contributed by atoms with Gasteiger partial charge in [-0.15, -0.1) is 0 Å². The zero-order valence-electron chi connectivity index (χ0n) is 46.0. The Kier molecular flexibility index (Phi) is 52.5. The number of unbranched alkanes of at least 4 members (excludes halogenated alkanes) is 39. The number of carbonyl (C=O) groups excluding carboxylic acids is 3. The molecule has 0 bridgehead atoms. The van der Waals surface area contributed by atoms with Gasteiger partial charge < -0.3 is 14.2 Å². The summed E-state index contributed by atoms with van der Waals surface area (Å²) in [5, 5.41) is 0. The van der Waals surface area contributed by atoms with Gasteiger partial charge in [0, 0.05) is 19.3 Å². The van der Waals surface area contributed by atoms with Crippen molar-refractivity contribution in [3.8, 4) is 0 Å². The van der Waals surface area contributed by atoms with E-state index < -0.39 is 6.10 Å². The first-order chi connectivity index (χ1) is 32.8. The Morgan fingerprint density at radius 3 is 0.851 bits per heavy atom. The quantitative estimate of drug-likeness (QED) is 0.0343. The maximum Gasteiger partial charge on any atom is 0.306 e. The summed E-state index contributed by atoms with van der Waals surface area (Å²) in [4.78, 5) is 38.2. The Hall–Kier alpha value is -1.59. The molecule has 2 atom stereocenters. The fourth-order valence-electron chi connectivity index (χ4n) is 9.37. The zero-order chi connectivity index (χ0) is 48.9. The van der Waals surface area contributed by atoms with Crippen LogP contribution in [0.3, 0.4) is 0 Å². The Bertz CT molecular complexity index is 1030. The van der Waals surface area contributed by atoms with Crippen molar-refractivity contribution in [2.24, 2.45) is 11.8 Å². The molecule has 0 fully saturated rings. The van der Waals surface area contributed by atoms with Gasteiger partial charge in [-0.3, -0.25) is 14.4 Å². The molecular formula is C61H118O6. The summed E-state index contributed by atoms with van der Waals surface area (Å²) in [7, 11) is 0. The highest BCUT2D eigenvalue weighted by atomic mass is 16.6. The third-order valence-electron chi connectivity index (χ3n) is 14.3. The molecule has 398 valence electrons. The second-order valence-electron chi connectivity index (χ2n) is 21.7. The normalized spacial score (nSPS) is 12.4. The van der Waals surface area contributed by atoms with Gasteiger partial charge in [0.1, 0.15) is 13.2 Å². The molecule has 67 heavy (non-hydrogen) atoms. The van der Waals surface area contributed by atoms with E-state index in [-0.39, 0.29) is 31.1 Å². The van der Waals surface area contributed by atoms with E-state index >= 15 is 0 Å². The van der Waals surface area contributed by atoms with Crippen molar-refractivity contribution in [1.82, 2.24) is 0 Å². The highest BCUT2D eigenvalue weighted by molar-refractivity contribution is 5.71. The minimum Gasteiger partial charge on any atom is -0.462 e. The number of rotatable bonds is 55. The smallest absolute Gasteiger partial charge is 0.306 e. The molecular weight excluding hydrogens is 829 g/mol. The first-order valence-corrected chi connectivity index (χ1v) is 30.3. The van der Waals surface area contributed by atoms with Crippen molar-refractivity contribution in [2.75, 3.05) is 13.2 Å². The highest BCUT2D eigenvalue weighted by Gasteiger charge is 2.19. The number of hydrogen-bond donors (Lipinski definition) is 0. The van der Waals surface area contributed by atoms with E-state index in [0.717, 1.165) is 69.6 Å². The summed E-state index contributed by atoms with van der Waals surface area (Å²) >= 11 is 0. The van der Waals surface area contributed by atoms with Crippen LogP contribution >= 0.6 is 0 Å². The number of ether oxygens (including phenoxy) is 3. The minimum absolute atomic E-state index is 0.0627. The van der Waals surface area contributed by atoms with E-state index in [9.17, 15) is 14.4 Å². The van der Waals surface area contributed by atoms with Gasteiger partial charge in [-0.1, -0.05) is 304 Å². The molecule has 0 rings (SSSR count). The maximum absolute atomic E-state index is 12.9. The molecule has 6 heteroatoms. The summed E-state index contributed by atoms with van der Waals surface area (Å²) in [6.07, 6.45) is 58.1. The van der Waals surface area contributed by atoms with Crippen LogP contribution in [0.1, 0.15) is 343 Å². The molecule has 0 saturated heterocycles. The van der Waals surface area contributed by atoms with Gasteiger partial charge >= 0.3 is 17.9 Å². The summed E-state index contributed by atoms with van der Waals surface area (Å²) in [5.41, 5.74) is 0. The first-order valence-electron chi connectivity index (χ1n) is 30.3. The van der Waals surface area contributed by atoms with Crippen LogP contribution in [0.5, 0.6) is 0 Å². The van der Waals surface area contributed by atoms with Crippen molar-refractivity contribution in [2.45, 2.75) is 349 Å². The molecule has 0 N–H and O–H groups in total. The average Bonchev–Trinajstić information content (AvgIpc) is 3.31. The lowest BCUT2D eigenvalue weighted by atomic mass is 9.99. The molecule has 6 nitrogen and oxygen atoms in total. The van der Waals surface area contributed by atoms with Crippen molar-refractivity contribution in [3.05, 3.63) is 0 Å². The van der Waals surface area contributed by atoms with Crippen LogP contribution in [-0.2, 0) is 28.6 Å². The predicted octanol–water partition coefficient (Wildman–Crippen LogP) is 20.0. The van der Waals surface area contributed by atoms with Gasteiger partial charge in [-0.05, 0) is 31.1 Å². The molecule has 0 saturated carbocycles. The van der Waals surface area contributed by atoms with E-state index in [1.54, 1.807) is 0 Å². The topological polar surface area (TPSA) is 78.9 Å². The number of esters is 3. The van der Waals surface area contributed by atoms with Gasteiger partial charge in [0.2, 0.25) is 0 Å². The van der Waals surface area contributed by atoms with E-state index in [4.69, 9.17) is 14.2 Å². The molecule has 0 amide bonds. The SMILES string of the molecule is CCCCCCCCCCCCCCCCCCCCCC(=O)O[C@H](COC(=O)CCCCCCCCCCCCCCCCC(C)CC)COC(=O)CCCCCCCCCCCC(C)C. The van der Waals surface area contributed by atoms with Gasteiger partial charge in [0.15, 0.2) is 6.10 Å². The molecule has 0 aromatic carbocycles. The monoisotopic (exact) mass is 947 g/mol. The molecule has 0 heterocycles. The van der Waals surface area contributed by atoms with Crippen LogP contribution < -0.4 is 0 Å². The fraction of sp³-hybridized carbons (Fsp3) is 0.951. The number of carbonyl (C=O) groups is 3. The van der Waals surface area contributed by atoms with Crippen LogP contribution in [0.2, 0.25) is 0 Å². The Balaban J connectivity index is 4.27. The van der Waals surface area contributed by atoms with E-state index in [0.29, 0.717) is 19.3 Å². The highest BCUT2D eigenvalue weighted by Crippen LogP contribution is 2.19. The minimum atomic E-state index is -0.763. The lowest BCUT2D eigenvalue weighted by molar-refractivity contribution is -0.167. The molecule has 0 aliphatic carbocycles. The molecule has 0 aliphatic heterocycles. The predicted molar refractivity (Wildman–Crippen MR) is 289 cm³/mol. The van der Waals surface area contributed by atoms with E-state index in [1.165, 1.54) is 231 Å². The summed E-state index contributed by atoms with van der Waals surface area (Å²) in [6, 6.07) is 0. The Morgan fingerprint density at radius 2 is 0.567 bits per heavy atom. The molecule has 0 aliphatic rings. The molecule has 0 aromatic heterocycles. The van der Waals surface area contributed by atoms with Crippen molar-refractivity contribution in [3.63, 3.8) is 0 Å². The van der Waals surface area contributed by atoms with Crippen molar-refractivity contribution in [1.29, 1.82) is 0 Å². The van der Waals surface area contributed by atoms with Gasteiger partial charge in [0.05, 0.1) is 0 Å². The van der Waals surface area contributed by atoms with Crippen LogP contribution in [0, 0.1) is 11.8 Å². The van der Waals surface area contributed by atoms with Crippen molar-refractivity contribution < 1.29 is 28.6 Å². The molecule has 0 aromatic rings.